The number of carbonyl (C=O) groups is 3. The average molecular weight is 391 g/mol. The van der Waals surface area contributed by atoms with Crippen molar-refractivity contribution in [2.24, 2.45) is 5.73 Å². The minimum atomic E-state index is -1.24. The molecule has 0 saturated heterocycles. The third-order valence-electron chi connectivity index (χ3n) is 2.50. The summed E-state index contributed by atoms with van der Waals surface area (Å²) in [6.07, 6.45) is 0. The summed E-state index contributed by atoms with van der Waals surface area (Å²) in [7, 11) is 0. The summed E-state index contributed by atoms with van der Waals surface area (Å²) in [6.45, 7) is 2.89. The first-order valence-corrected chi connectivity index (χ1v) is 6.63. The van der Waals surface area contributed by atoms with Crippen molar-refractivity contribution in [2.45, 2.75) is 19.4 Å². The second-order valence-corrected chi connectivity index (χ2v) is 5.81. The topological polar surface area (TPSA) is 122 Å². The van der Waals surface area contributed by atoms with Gasteiger partial charge in [0.2, 0.25) is 5.91 Å². The van der Waals surface area contributed by atoms with Crippen molar-refractivity contribution in [3.8, 4) is 0 Å². The molecule has 0 saturated carbocycles. The summed E-state index contributed by atoms with van der Waals surface area (Å²) in [5, 5.41) is 13.8. The van der Waals surface area contributed by atoms with Crippen LogP contribution in [0.4, 0.5) is 10.5 Å². The summed E-state index contributed by atoms with van der Waals surface area (Å²) in [4.78, 5) is 34.0. The van der Waals surface area contributed by atoms with Crippen molar-refractivity contribution in [3.05, 3.63) is 27.3 Å². The number of carboxylic acid groups (broad SMARTS) is 1. The Morgan fingerprint density at radius 3 is 2.40 bits per heavy atom. The molecule has 1 aromatic rings. The van der Waals surface area contributed by atoms with Crippen molar-refractivity contribution >= 4 is 46.2 Å². The Kier molecular flexibility index (Phi) is 4.93. The van der Waals surface area contributed by atoms with Crippen LogP contribution in [-0.2, 0) is 4.79 Å². The third kappa shape index (κ3) is 4.08. The van der Waals surface area contributed by atoms with Gasteiger partial charge in [0.05, 0.1) is 11.3 Å². The van der Waals surface area contributed by atoms with Gasteiger partial charge in [-0.3, -0.25) is 4.79 Å². The quantitative estimate of drug-likeness (QED) is 0.580. The Labute approximate surface area is 129 Å². The van der Waals surface area contributed by atoms with Crippen LogP contribution in [0.2, 0.25) is 0 Å². The summed E-state index contributed by atoms with van der Waals surface area (Å²) >= 11 is 1.97. The number of anilines is 1. The van der Waals surface area contributed by atoms with Crippen LogP contribution in [0.5, 0.6) is 0 Å². The van der Waals surface area contributed by atoms with Gasteiger partial charge >= 0.3 is 12.0 Å². The van der Waals surface area contributed by atoms with Crippen LogP contribution in [-0.4, -0.2) is 28.6 Å². The highest BCUT2D eigenvalue weighted by molar-refractivity contribution is 14.1. The maximum absolute atomic E-state index is 11.8. The number of halogens is 1. The summed E-state index contributed by atoms with van der Waals surface area (Å²) in [5.74, 6) is -1.86. The molecule has 20 heavy (non-hydrogen) atoms. The summed E-state index contributed by atoms with van der Waals surface area (Å²) in [6, 6.07) is 3.85. The van der Waals surface area contributed by atoms with E-state index in [-0.39, 0.29) is 11.3 Å². The minimum Gasteiger partial charge on any atom is -0.478 e. The number of benzene rings is 1. The molecule has 0 heterocycles. The Bertz CT molecular complexity index is 572. The minimum absolute atomic E-state index is 0.0380. The van der Waals surface area contributed by atoms with E-state index in [4.69, 9.17) is 10.8 Å². The number of rotatable bonds is 4. The second-order valence-electron chi connectivity index (χ2n) is 4.56. The van der Waals surface area contributed by atoms with Crippen LogP contribution in [0, 0.1) is 3.57 Å². The predicted molar refractivity (Wildman–Crippen MR) is 81.5 cm³/mol. The van der Waals surface area contributed by atoms with Crippen LogP contribution in [0.25, 0.3) is 0 Å². The maximum atomic E-state index is 11.8. The number of hydrogen-bond acceptors (Lipinski definition) is 3. The molecular weight excluding hydrogens is 377 g/mol. The maximum Gasteiger partial charge on any atom is 0.337 e. The third-order valence-corrected chi connectivity index (χ3v) is 3.17. The molecule has 5 N–H and O–H groups in total. The normalized spacial score (nSPS) is 10.8. The van der Waals surface area contributed by atoms with Crippen molar-refractivity contribution in [2.75, 3.05) is 5.32 Å². The molecule has 0 radical (unpaired) electrons. The van der Waals surface area contributed by atoms with E-state index >= 15 is 0 Å². The zero-order valence-electron chi connectivity index (χ0n) is 10.9. The lowest BCUT2D eigenvalue weighted by atomic mass is 10.1. The number of carbonyl (C=O) groups excluding carboxylic acids is 2. The highest BCUT2D eigenvalue weighted by Crippen LogP contribution is 2.19. The predicted octanol–water partition coefficient (Wildman–Crippen LogP) is 1.37. The highest BCUT2D eigenvalue weighted by atomic mass is 127. The average Bonchev–Trinajstić information content (AvgIpc) is 2.30. The molecule has 0 spiro atoms. The molecule has 3 amide bonds. The molecule has 0 bridgehead atoms. The van der Waals surface area contributed by atoms with Crippen molar-refractivity contribution < 1.29 is 19.5 Å². The van der Waals surface area contributed by atoms with E-state index in [2.05, 4.69) is 10.6 Å². The van der Waals surface area contributed by atoms with Gasteiger partial charge in [0.25, 0.3) is 0 Å². The fourth-order valence-electron chi connectivity index (χ4n) is 1.30. The standard InChI is InChI=1S/C12H14IN3O4/c1-12(2,10(14)19)16-11(20)15-8-4-3-6(13)5-7(8)9(17)18/h3-5H,1-2H3,(H2,14,19)(H,17,18)(H2,15,16,20). The number of carboxylic acids is 1. The zero-order valence-corrected chi connectivity index (χ0v) is 13.0. The number of hydrogen-bond donors (Lipinski definition) is 4. The van der Waals surface area contributed by atoms with Gasteiger partial charge in [-0.15, -0.1) is 0 Å². The first-order valence-electron chi connectivity index (χ1n) is 5.55. The number of urea groups is 1. The van der Waals surface area contributed by atoms with Gasteiger partial charge in [-0.05, 0) is 54.6 Å². The van der Waals surface area contributed by atoms with Gasteiger partial charge in [0.15, 0.2) is 0 Å². The second kappa shape index (κ2) is 6.07. The smallest absolute Gasteiger partial charge is 0.337 e. The molecule has 0 aliphatic rings. The molecular formula is C12H14IN3O4. The van der Waals surface area contributed by atoms with Crippen LogP contribution in [0.15, 0.2) is 18.2 Å². The lowest BCUT2D eigenvalue weighted by Gasteiger charge is -2.22. The van der Waals surface area contributed by atoms with E-state index in [1.807, 2.05) is 22.6 Å². The Morgan fingerprint density at radius 2 is 1.90 bits per heavy atom. The van der Waals surface area contributed by atoms with Gasteiger partial charge in [0, 0.05) is 3.57 Å². The van der Waals surface area contributed by atoms with Gasteiger partial charge < -0.3 is 21.5 Å². The first-order chi connectivity index (χ1) is 9.13. The van der Waals surface area contributed by atoms with Crippen molar-refractivity contribution in [3.63, 3.8) is 0 Å². The molecule has 0 aliphatic carbocycles. The van der Waals surface area contributed by atoms with E-state index in [1.54, 1.807) is 6.07 Å². The van der Waals surface area contributed by atoms with Gasteiger partial charge in [-0.25, -0.2) is 9.59 Å². The largest absolute Gasteiger partial charge is 0.478 e. The van der Waals surface area contributed by atoms with Crippen molar-refractivity contribution in [1.82, 2.24) is 5.32 Å². The van der Waals surface area contributed by atoms with Gasteiger partial charge in [0.1, 0.15) is 5.54 Å². The number of amides is 3. The molecule has 0 aromatic heterocycles. The fraction of sp³-hybridized carbons (Fsp3) is 0.250. The molecule has 0 fully saturated rings. The monoisotopic (exact) mass is 391 g/mol. The Morgan fingerprint density at radius 1 is 1.30 bits per heavy atom. The van der Waals surface area contributed by atoms with Crippen molar-refractivity contribution in [1.29, 1.82) is 0 Å². The molecule has 0 unspecified atom stereocenters. The Hall–Kier alpha value is -1.84. The van der Waals surface area contributed by atoms with Crippen LogP contribution < -0.4 is 16.4 Å². The Balaban J connectivity index is 2.92. The van der Waals surface area contributed by atoms with E-state index in [0.717, 1.165) is 3.57 Å². The van der Waals surface area contributed by atoms with Gasteiger partial charge in [-0.1, -0.05) is 0 Å². The van der Waals surface area contributed by atoms with Crippen LogP contribution in [0.3, 0.4) is 0 Å². The van der Waals surface area contributed by atoms with Crippen LogP contribution >= 0.6 is 22.6 Å². The zero-order chi connectivity index (χ0) is 15.5. The summed E-state index contributed by atoms with van der Waals surface area (Å²) in [5.41, 5.74) is 3.99. The first kappa shape index (κ1) is 16.2. The highest BCUT2D eigenvalue weighted by Gasteiger charge is 2.27. The molecule has 1 aromatic carbocycles. The number of primary amides is 1. The van der Waals surface area contributed by atoms with E-state index < -0.39 is 23.4 Å². The molecule has 108 valence electrons. The molecule has 0 atom stereocenters. The van der Waals surface area contributed by atoms with E-state index in [9.17, 15) is 14.4 Å². The fourth-order valence-corrected chi connectivity index (χ4v) is 1.79. The van der Waals surface area contributed by atoms with E-state index in [1.165, 1.54) is 26.0 Å². The molecule has 7 nitrogen and oxygen atoms in total. The number of nitrogens with two attached hydrogens (primary N) is 1. The summed E-state index contributed by atoms with van der Waals surface area (Å²) < 4.78 is 0.725. The SMILES string of the molecule is CC(C)(NC(=O)Nc1ccc(I)cc1C(=O)O)C(N)=O. The van der Waals surface area contributed by atoms with Crippen LogP contribution in [0.1, 0.15) is 24.2 Å². The number of nitrogens with one attached hydrogen (secondary N) is 2. The molecule has 1 rings (SSSR count). The molecule has 8 heteroatoms. The van der Waals surface area contributed by atoms with Gasteiger partial charge in [-0.2, -0.15) is 0 Å². The van der Waals surface area contributed by atoms with E-state index in [0.29, 0.717) is 0 Å². The number of aromatic carboxylic acids is 1. The molecule has 0 aliphatic heterocycles. The lowest BCUT2D eigenvalue weighted by molar-refractivity contribution is -0.122. The lowest BCUT2D eigenvalue weighted by Crippen LogP contribution is -2.54.